The van der Waals surface area contributed by atoms with Crippen LogP contribution in [0.4, 0.5) is 9.18 Å². The first-order valence-electron chi connectivity index (χ1n) is 7.06. The van der Waals surface area contributed by atoms with Crippen LogP contribution in [0.3, 0.4) is 0 Å². The van der Waals surface area contributed by atoms with Gasteiger partial charge in [-0.3, -0.25) is 10.2 Å². The molecule has 1 aliphatic rings. The number of ether oxygens (including phenoxy) is 1. The Morgan fingerprint density at radius 1 is 1.39 bits per heavy atom. The van der Waals surface area contributed by atoms with Crippen LogP contribution in [0.2, 0.25) is 0 Å². The van der Waals surface area contributed by atoms with Crippen molar-refractivity contribution in [1.29, 1.82) is 0 Å². The molecule has 2 N–H and O–H groups in total. The number of carbonyl (C=O) groups is 2. The van der Waals surface area contributed by atoms with Crippen LogP contribution < -0.4 is 5.43 Å². The predicted octanol–water partition coefficient (Wildman–Crippen LogP) is 2.77. The van der Waals surface area contributed by atoms with Crippen LogP contribution in [0.15, 0.2) is 24.3 Å². The number of amides is 1. The summed E-state index contributed by atoms with van der Waals surface area (Å²) in [6.07, 6.45) is -0.771. The molecule has 0 bridgehead atoms. The van der Waals surface area contributed by atoms with Gasteiger partial charge in [-0.05, 0) is 26.8 Å². The number of carbonyl (C=O) groups excluding carboxylic acids is 1. The highest BCUT2D eigenvalue weighted by atomic mass is 32.2. The molecule has 6 nitrogen and oxygen atoms in total. The van der Waals surface area contributed by atoms with Gasteiger partial charge in [0.05, 0.1) is 0 Å². The summed E-state index contributed by atoms with van der Waals surface area (Å²) in [6.45, 7) is 5.11. The Morgan fingerprint density at radius 2 is 2.04 bits per heavy atom. The van der Waals surface area contributed by atoms with Crippen LogP contribution in [-0.4, -0.2) is 39.6 Å². The van der Waals surface area contributed by atoms with Crippen molar-refractivity contribution in [3.63, 3.8) is 0 Å². The van der Waals surface area contributed by atoms with Gasteiger partial charge in [0.25, 0.3) is 0 Å². The highest BCUT2D eigenvalue weighted by Crippen LogP contribution is 2.41. The second kappa shape index (κ2) is 6.76. The Balaban J connectivity index is 2.23. The lowest BCUT2D eigenvalue weighted by atomic mass is 10.2. The zero-order valence-corrected chi connectivity index (χ0v) is 13.9. The van der Waals surface area contributed by atoms with E-state index in [0.717, 1.165) is 0 Å². The van der Waals surface area contributed by atoms with Gasteiger partial charge in [0.15, 0.2) is 0 Å². The number of aliphatic carboxylic acids is 1. The van der Waals surface area contributed by atoms with E-state index in [1.165, 1.54) is 22.8 Å². The summed E-state index contributed by atoms with van der Waals surface area (Å²) in [5.74, 6) is -1.32. The molecule has 2 unspecified atom stereocenters. The van der Waals surface area contributed by atoms with E-state index < -0.39 is 34.9 Å². The van der Waals surface area contributed by atoms with E-state index in [1.54, 1.807) is 39.0 Å². The van der Waals surface area contributed by atoms with Gasteiger partial charge in [0, 0.05) is 11.3 Å². The fourth-order valence-electron chi connectivity index (χ4n) is 2.15. The Labute approximate surface area is 138 Å². The summed E-state index contributed by atoms with van der Waals surface area (Å²) >= 11 is 1.25. The van der Waals surface area contributed by atoms with E-state index in [9.17, 15) is 19.1 Å². The van der Waals surface area contributed by atoms with Crippen molar-refractivity contribution >= 4 is 23.8 Å². The van der Waals surface area contributed by atoms with Crippen molar-refractivity contribution in [2.75, 3.05) is 5.75 Å². The average Bonchev–Trinajstić information content (AvgIpc) is 2.80. The SMILES string of the molecule is CC(C)(C)OC(=O)NN1C(C(=O)O)CSC1c1ccccc1F. The third-order valence-corrected chi connectivity index (χ3v) is 4.38. The number of carboxylic acids is 1. The molecule has 0 radical (unpaired) electrons. The number of benzene rings is 1. The van der Waals surface area contributed by atoms with Crippen molar-refractivity contribution < 1.29 is 23.8 Å². The summed E-state index contributed by atoms with van der Waals surface area (Å²) in [5, 5.41) is 9.92. The van der Waals surface area contributed by atoms with E-state index in [4.69, 9.17) is 4.74 Å². The topological polar surface area (TPSA) is 78.9 Å². The van der Waals surface area contributed by atoms with Crippen LogP contribution in [0.5, 0.6) is 0 Å². The fraction of sp³-hybridized carbons (Fsp3) is 0.467. The minimum atomic E-state index is -1.09. The van der Waals surface area contributed by atoms with E-state index in [2.05, 4.69) is 5.43 Å². The second-order valence-electron chi connectivity index (χ2n) is 6.08. The van der Waals surface area contributed by atoms with Crippen molar-refractivity contribution in [2.24, 2.45) is 0 Å². The first kappa shape index (κ1) is 17.6. The van der Waals surface area contributed by atoms with Gasteiger partial charge in [0.2, 0.25) is 0 Å². The van der Waals surface area contributed by atoms with Gasteiger partial charge >= 0.3 is 12.1 Å². The molecule has 0 saturated carbocycles. The second-order valence-corrected chi connectivity index (χ2v) is 7.20. The maximum absolute atomic E-state index is 14.0. The molecule has 1 heterocycles. The van der Waals surface area contributed by atoms with Crippen molar-refractivity contribution in [3.8, 4) is 0 Å². The standard InChI is InChI=1S/C15H19FN2O4S/c1-15(2,3)22-14(21)17-18-11(13(19)20)8-23-12(18)9-6-4-5-7-10(9)16/h4-7,11-12H,8H2,1-3H3,(H,17,21)(H,19,20). The highest BCUT2D eigenvalue weighted by Gasteiger charge is 2.42. The maximum atomic E-state index is 14.0. The number of hydrogen-bond donors (Lipinski definition) is 2. The van der Waals surface area contributed by atoms with Crippen LogP contribution in [0, 0.1) is 5.82 Å². The molecule has 0 aliphatic carbocycles. The minimum absolute atomic E-state index is 0.226. The van der Waals surface area contributed by atoms with Gasteiger partial charge in [-0.2, -0.15) is 5.01 Å². The average molecular weight is 342 g/mol. The lowest BCUT2D eigenvalue weighted by Crippen LogP contribution is -2.51. The van der Waals surface area contributed by atoms with Crippen LogP contribution in [0.1, 0.15) is 31.7 Å². The van der Waals surface area contributed by atoms with Crippen LogP contribution in [-0.2, 0) is 9.53 Å². The van der Waals surface area contributed by atoms with Gasteiger partial charge in [-0.1, -0.05) is 18.2 Å². The predicted molar refractivity (Wildman–Crippen MR) is 84.2 cm³/mol. The molecular formula is C15H19FN2O4S. The van der Waals surface area contributed by atoms with Gasteiger partial charge in [-0.15, -0.1) is 11.8 Å². The van der Waals surface area contributed by atoms with E-state index in [1.807, 2.05) is 0 Å². The molecule has 8 heteroatoms. The molecule has 1 aromatic rings. The van der Waals surface area contributed by atoms with Crippen molar-refractivity contribution in [1.82, 2.24) is 10.4 Å². The van der Waals surface area contributed by atoms with Crippen LogP contribution in [0.25, 0.3) is 0 Å². The maximum Gasteiger partial charge on any atom is 0.422 e. The normalized spacial score (nSPS) is 21.9. The summed E-state index contributed by atoms with van der Waals surface area (Å²) in [7, 11) is 0. The smallest absolute Gasteiger partial charge is 0.422 e. The molecule has 2 atom stereocenters. The molecule has 1 amide bonds. The summed E-state index contributed by atoms with van der Waals surface area (Å²) in [6, 6.07) is 5.13. The summed E-state index contributed by atoms with van der Waals surface area (Å²) < 4.78 is 19.2. The Morgan fingerprint density at radius 3 is 2.61 bits per heavy atom. The third kappa shape index (κ3) is 4.35. The summed E-state index contributed by atoms with van der Waals surface area (Å²) in [4.78, 5) is 23.4. The number of hydrogen-bond acceptors (Lipinski definition) is 5. The Kier molecular flexibility index (Phi) is 5.16. The largest absolute Gasteiger partial charge is 0.480 e. The van der Waals surface area contributed by atoms with Gasteiger partial charge < -0.3 is 9.84 Å². The van der Waals surface area contributed by atoms with Crippen molar-refractivity contribution in [2.45, 2.75) is 37.8 Å². The minimum Gasteiger partial charge on any atom is -0.480 e. The zero-order valence-electron chi connectivity index (χ0n) is 13.1. The summed E-state index contributed by atoms with van der Waals surface area (Å²) in [5.41, 5.74) is 2.04. The number of nitrogens with zero attached hydrogens (tertiary/aromatic N) is 1. The van der Waals surface area contributed by atoms with E-state index in [0.29, 0.717) is 5.56 Å². The molecule has 126 valence electrons. The number of thioether (sulfide) groups is 1. The third-order valence-electron chi connectivity index (χ3n) is 3.08. The fourth-order valence-corrected chi connectivity index (χ4v) is 3.55. The molecule has 1 aromatic carbocycles. The zero-order chi connectivity index (χ0) is 17.2. The van der Waals surface area contributed by atoms with Crippen molar-refractivity contribution in [3.05, 3.63) is 35.6 Å². The Hall–Kier alpha value is -1.80. The molecule has 1 saturated heterocycles. The monoisotopic (exact) mass is 342 g/mol. The van der Waals surface area contributed by atoms with E-state index >= 15 is 0 Å². The first-order chi connectivity index (χ1) is 10.7. The molecule has 0 spiro atoms. The number of carboxylic acid groups (broad SMARTS) is 1. The molecule has 0 aromatic heterocycles. The van der Waals surface area contributed by atoms with E-state index in [-0.39, 0.29) is 5.75 Å². The van der Waals surface area contributed by atoms with Crippen LogP contribution >= 0.6 is 11.8 Å². The number of halogens is 1. The number of nitrogens with one attached hydrogen (secondary N) is 1. The lowest BCUT2D eigenvalue weighted by Gasteiger charge is -2.29. The van der Waals surface area contributed by atoms with Gasteiger partial charge in [0.1, 0.15) is 22.8 Å². The number of hydrazine groups is 1. The highest BCUT2D eigenvalue weighted by molar-refractivity contribution is 7.99. The Bertz CT molecular complexity index is 605. The lowest BCUT2D eigenvalue weighted by molar-refractivity contribution is -0.143. The molecular weight excluding hydrogens is 323 g/mol. The molecule has 1 aliphatic heterocycles. The quantitative estimate of drug-likeness (QED) is 0.879. The molecule has 2 rings (SSSR count). The van der Waals surface area contributed by atoms with Gasteiger partial charge in [-0.25, -0.2) is 9.18 Å². The first-order valence-corrected chi connectivity index (χ1v) is 8.11. The number of rotatable bonds is 3. The molecule has 1 fully saturated rings. The molecule has 23 heavy (non-hydrogen) atoms.